The Hall–Kier alpha value is -1.54. The number of nitro groups is 1. The first-order valence-electron chi connectivity index (χ1n) is 4.42. The molecule has 7 nitrogen and oxygen atoms in total. The van der Waals surface area contributed by atoms with E-state index in [1.54, 1.807) is 0 Å². The molecule has 0 bridgehead atoms. The second kappa shape index (κ2) is 4.14. The van der Waals surface area contributed by atoms with Gasteiger partial charge in [0.1, 0.15) is 22.1 Å². The third-order valence-corrected chi connectivity index (χ3v) is 3.36. The van der Waals surface area contributed by atoms with Gasteiger partial charge in [-0.25, -0.2) is 0 Å². The lowest BCUT2D eigenvalue weighted by atomic mass is 10.3. The number of furan rings is 1. The van der Waals surface area contributed by atoms with Crippen molar-refractivity contribution in [2.45, 2.75) is 11.4 Å². The molecule has 2 rings (SSSR count). The van der Waals surface area contributed by atoms with E-state index in [9.17, 15) is 14.9 Å². The van der Waals surface area contributed by atoms with E-state index in [0.717, 1.165) is 0 Å². The van der Waals surface area contributed by atoms with Crippen molar-refractivity contribution in [1.29, 1.82) is 0 Å². The average Bonchev–Trinajstić information content (AvgIpc) is 2.86. The minimum absolute atomic E-state index is 0.337. The zero-order valence-corrected chi connectivity index (χ0v) is 8.77. The van der Waals surface area contributed by atoms with Gasteiger partial charge in [0.2, 0.25) is 0 Å². The van der Waals surface area contributed by atoms with Gasteiger partial charge in [-0.15, -0.1) is 11.8 Å². The van der Waals surface area contributed by atoms with E-state index >= 15 is 0 Å². The minimum atomic E-state index is -0.934. The predicted octanol–water partition coefficient (Wildman–Crippen LogP) is 0.976. The zero-order valence-electron chi connectivity index (χ0n) is 7.95. The lowest BCUT2D eigenvalue weighted by molar-refractivity contribution is -0.402. The molecule has 1 fully saturated rings. The van der Waals surface area contributed by atoms with Crippen molar-refractivity contribution in [2.75, 3.05) is 5.75 Å². The van der Waals surface area contributed by atoms with Gasteiger partial charge in [-0.1, -0.05) is 0 Å². The van der Waals surface area contributed by atoms with Gasteiger partial charge >= 0.3 is 11.9 Å². The molecule has 0 aliphatic carbocycles. The third kappa shape index (κ3) is 2.02. The van der Waals surface area contributed by atoms with Gasteiger partial charge in [0, 0.05) is 5.75 Å². The highest BCUT2D eigenvalue weighted by atomic mass is 32.2. The van der Waals surface area contributed by atoms with Crippen LogP contribution in [0.2, 0.25) is 0 Å². The Bertz CT molecular complexity index is 432. The Morgan fingerprint density at radius 1 is 1.69 bits per heavy atom. The first-order valence-corrected chi connectivity index (χ1v) is 5.47. The molecule has 1 aromatic rings. The lowest BCUT2D eigenvalue weighted by Gasteiger charge is -2.06. The second-order valence-corrected chi connectivity index (χ2v) is 4.34. The highest BCUT2D eigenvalue weighted by molar-refractivity contribution is 7.99. The number of carboxylic acids is 1. The Kier molecular flexibility index (Phi) is 2.84. The first kappa shape index (κ1) is 11.0. The van der Waals surface area contributed by atoms with Crippen molar-refractivity contribution < 1.29 is 19.2 Å². The molecule has 2 heterocycles. The summed E-state index contributed by atoms with van der Waals surface area (Å²) >= 11 is 1.35. The highest BCUT2D eigenvalue weighted by Gasteiger charge is 2.32. The molecule has 86 valence electrons. The molecule has 1 aliphatic heterocycles. The van der Waals surface area contributed by atoms with Gasteiger partial charge < -0.3 is 9.52 Å². The number of nitrogens with one attached hydrogen (secondary N) is 1. The van der Waals surface area contributed by atoms with Crippen molar-refractivity contribution >= 4 is 23.6 Å². The smallest absolute Gasteiger partial charge is 0.433 e. The van der Waals surface area contributed by atoms with Crippen LogP contribution in [-0.2, 0) is 4.79 Å². The van der Waals surface area contributed by atoms with E-state index in [0.29, 0.717) is 11.5 Å². The monoisotopic (exact) mass is 244 g/mol. The van der Waals surface area contributed by atoms with Crippen LogP contribution in [-0.4, -0.2) is 27.8 Å². The van der Waals surface area contributed by atoms with E-state index in [1.807, 2.05) is 0 Å². The maximum Gasteiger partial charge on any atom is 0.433 e. The summed E-state index contributed by atoms with van der Waals surface area (Å²) in [6.07, 6.45) is 0. The van der Waals surface area contributed by atoms with Crippen LogP contribution in [0.25, 0.3) is 0 Å². The van der Waals surface area contributed by atoms with Crippen LogP contribution in [0.5, 0.6) is 0 Å². The maximum atomic E-state index is 10.7. The number of rotatable bonds is 3. The number of carboxylic acid groups (broad SMARTS) is 1. The Morgan fingerprint density at radius 3 is 2.94 bits per heavy atom. The van der Waals surface area contributed by atoms with Crippen molar-refractivity contribution in [3.63, 3.8) is 0 Å². The number of hydrogen-bond donors (Lipinski definition) is 2. The summed E-state index contributed by atoms with van der Waals surface area (Å²) < 4.78 is 4.98. The molecule has 2 N–H and O–H groups in total. The lowest BCUT2D eigenvalue weighted by Crippen LogP contribution is -2.33. The predicted molar refractivity (Wildman–Crippen MR) is 55.1 cm³/mol. The van der Waals surface area contributed by atoms with Crippen molar-refractivity contribution in [2.24, 2.45) is 0 Å². The van der Waals surface area contributed by atoms with Crippen LogP contribution in [0.3, 0.4) is 0 Å². The Balaban J connectivity index is 2.08. The molecule has 1 aliphatic rings. The minimum Gasteiger partial charge on any atom is -0.480 e. The topological polar surface area (TPSA) is 106 Å². The summed E-state index contributed by atoms with van der Waals surface area (Å²) in [6, 6.07) is 2.10. The van der Waals surface area contributed by atoms with E-state index in [2.05, 4.69) is 5.32 Å². The molecule has 1 unspecified atom stereocenters. The third-order valence-electron chi connectivity index (χ3n) is 2.13. The van der Waals surface area contributed by atoms with Gasteiger partial charge in [-0.05, 0) is 6.07 Å². The number of aliphatic carboxylic acids is 1. The first-order chi connectivity index (χ1) is 7.58. The fourth-order valence-electron chi connectivity index (χ4n) is 1.36. The molecule has 1 aromatic heterocycles. The summed E-state index contributed by atoms with van der Waals surface area (Å²) in [5.41, 5.74) is 0. The molecular weight excluding hydrogens is 236 g/mol. The quantitative estimate of drug-likeness (QED) is 0.602. The van der Waals surface area contributed by atoms with E-state index in [1.165, 1.54) is 23.9 Å². The summed E-state index contributed by atoms with van der Waals surface area (Å²) in [5.74, 6) is -0.484. The van der Waals surface area contributed by atoms with Crippen LogP contribution < -0.4 is 5.32 Å². The SMILES string of the molecule is O=C(O)[C@@H]1CSC(c2ccc([N+](=O)[O-])o2)N1. The van der Waals surface area contributed by atoms with Gasteiger partial charge in [0.15, 0.2) is 0 Å². The molecule has 1 saturated heterocycles. The zero-order chi connectivity index (χ0) is 11.7. The fraction of sp³-hybridized carbons (Fsp3) is 0.375. The molecule has 0 spiro atoms. The summed E-state index contributed by atoms with van der Waals surface area (Å²) in [5, 5.41) is 21.6. The number of thioether (sulfide) groups is 1. The molecule has 0 amide bonds. The number of hydrogen-bond acceptors (Lipinski definition) is 6. The van der Waals surface area contributed by atoms with Gasteiger partial charge in [-0.3, -0.25) is 20.2 Å². The van der Waals surface area contributed by atoms with E-state index in [4.69, 9.17) is 9.52 Å². The summed E-state index contributed by atoms with van der Waals surface area (Å²) in [6.45, 7) is 0. The Labute approximate surface area is 94.0 Å². The molecule has 2 atom stereocenters. The fourth-order valence-corrected chi connectivity index (χ4v) is 2.53. The van der Waals surface area contributed by atoms with E-state index in [-0.39, 0.29) is 11.3 Å². The van der Waals surface area contributed by atoms with Gasteiger partial charge in [-0.2, -0.15) is 0 Å². The molecule has 0 saturated carbocycles. The second-order valence-electron chi connectivity index (χ2n) is 3.20. The maximum absolute atomic E-state index is 10.7. The van der Waals surface area contributed by atoms with Gasteiger partial charge in [0.05, 0.1) is 6.07 Å². The largest absolute Gasteiger partial charge is 0.480 e. The van der Waals surface area contributed by atoms with Crippen LogP contribution in [0.15, 0.2) is 16.5 Å². The van der Waals surface area contributed by atoms with Crippen molar-refractivity contribution in [3.05, 3.63) is 28.0 Å². The van der Waals surface area contributed by atoms with Gasteiger partial charge in [0.25, 0.3) is 0 Å². The number of carbonyl (C=O) groups is 1. The van der Waals surface area contributed by atoms with Crippen molar-refractivity contribution in [3.8, 4) is 0 Å². The Morgan fingerprint density at radius 2 is 2.44 bits per heavy atom. The van der Waals surface area contributed by atoms with Crippen LogP contribution in [0.1, 0.15) is 11.1 Å². The molecule has 0 aromatic carbocycles. The molecule has 0 radical (unpaired) electrons. The summed E-state index contributed by atoms with van der Waals surface area (Å²) in [4.78, 5) is 20.4. The standard InChI is InChI=1S/C8H8N2O5S/c11-8(12)4-3-16-7(9-4)5-1-2-6(15-5)10(13)14/h1-2,4,7,9H,3H2,(H,11,12)/t4-,7?/m0/s1. The van der Waals surface area contributed by atoms with Crippen LogP contribution in [0.4, 0.5) is 5.88 Å². The van der Waals surface area contributed by atoms with E-state index < -0.39 is 16.9 Å². The number of nitrogens with zero attached hydrogens (tertiary/aromatic N) is 1. The van der Waals surface area contributed by atoms with Crippen LogP contribution in [0, 0.1) is 10.1 Å². The van der Waals surface area contributed by atoms with Crippen LogP contribution >= 0.6 is 11.8 Å². The molecule has 16 heavy (non-hydrogen) atoms. The molecular formula is C8H8N2O5S. The molecule has 8 heteroatoms. The van der Waals surface area contributed by atoms with Crippen molar-refractivity contribution in [1.82, 2.24) is 5.32 Å². The average molecular weight is 244 g/mol. The normalized spacial score (nSPS) is 24.5. The highest BCUT2D eigenvalue weighted by Crippen LogP contribution is 2.34. The summed E-state index contributed by atoms with van der Waals surface area (Å²) in [7, 11) is 0.